The average Bonchev–Trinajstić information content (AvgIpc) is 3.10. The van der Waals surface area contributed by atoms with Crippen molar-refractivity contribution >= 4 is 40.7 Å². The van der Waals surface area contributed by atoms with E-state index in [9.17, 15) is 4.79 Å². The lowest BCUT2D eigenvalue weighted by Crippen LogP contribution is -2.23. The number of amides is 1. The molecule has 0 unspecified atom stereocenters. The molecule has 1 aromatic carbocycles. The van der Waals surface area contributed by atoms with Gasteiger partial charge >= 0.3 is 0 Å². The molecule has 2 heterocycles. The number of hydrogen-bond acceptors (Lipinski definition) is 4. The van der Waals surface area contributed by atoms with Gasteiger partial charge in [0.05, 0.1) is 4.91 Å². The van der Waals surface area contributed by atoms with Gasteiger partial charge in [0.2, 0.25) is 0 Å². The maximum atomic E-state index is 12.0. The summed E-state index contributed by atoms with van der Waals surface area (Å²) in [6, 6.07) is 8.23. The third kappa shape index (κ3) is 2.94. The van der Waals surface area contributed by atoms with Gasteiger partial charge in [-0.05, 0) is 54.6 Å². The van der Waals surface area contributed by atoms with Gasteiger partial charge in [0.1, 0.15) is 0 Å². The number of hydrogen-bond donors (Lipinski definition) is 0. The van der Waals surface area contributed by atoms with Gasteiger partial charge in [0, 0.05) is 18.0 Å². The van der Waals surface area contributed by atoms with Crippen molar-refractivity contribution in [2.45, 2.75) is 17.7 Å². The van der Waals surface area contributed by atoms with Crippen LogP contribution in [-0.4, -0.2) is 35.3 Å². The number of amidine groups is 1. The molecule has 1 saturated heterocycles. The maximum Gasteiger partial charge on any atom is 0.286 e. The quantitative estimate of drug-likeness (QED) is 0.618. The molecule has 0 atom stereocenters. The number of likely N-dealkylation sites (tertiary alicyclic amines) is 1. The monoisotopic (exact) mass is 304 g/mol. The van der Waals surface area contributed by atoms with Crippen molar-refractivity contribution in [1.82, 2.24) is 4.90 Å². The number of carbonyl (C=O) groups is 1. The summed E-state index contributed by atoms with van der Waals surface area (Å²) in [5.74, 6) is -0.106. The Balaban J connectivity index is 1.74. The molecule has 0 N–H and O–H groups in total. The fourth-order valence-electron chi connectivity index (χ4n) is 2.29. The Labute approximate surface area is 127 Å². The summed E-state index contributed by atoms with van der Waals surface area (Å²) in [7, 11) is 0. The highest BCUT2D eigenvalue weighted by atomic mass is 32.2. The third-order valence-electron chi connectivity index (χ3n) is 3.40. The minimum Gasteiger partial charge on any atom is -0.351 e. The van der Waals surface area contributed by atoms with E-state index in [1.54, 1.807) is 11.8 Å². The van der Waals surface area contributed by atoms with Crippen molar-refractivity contribution in [2.75, 3.05) is 19.3 Å². The SMILES string of the molecule is CSc1ccc(/C=C2\SC(N3CCCC3)=NC2=O)cc1. The van der Waals surface area contributed by atoms with E-state index in [-0.39, 0.29) is 5.91 Å². The zero-order valence-corrected chi connectivity index (χ0v) is 13.0. The summed E-state index contributed by atoms with van der Waals surface area (Å²) in [6.45, 7) is 2.05. The fourth-order valence-corrected chi connectivity index (χ4v) is 3.67. The molecule has 5 heteroatoms. The van der Waals surface area contributed by atoms with Gasteiger partial charge < -0.3 is 4.90 Å². The molecular weight excluding hydrogens is 288 g/mol. The molecule has 3 nitrogen and oxygen atoms in total. The molecule has 2 aliphatic heterocycles. The van der Waals surface area contributed by atoms with Crippen LogP contribution < -0.4 is 0 Å². The van der Waals surface area contributed by atoms with Crippen molar-refractivity contribution in [1.29, 1.82) is 0 Å². The molecule has 0 aliphatic carbocycles. The molecule has 1 amide bonds. The summed E-state index contributed by atoms with van der Waals surface area (Å²) in [5.41, 5.74) is 1.05. The molecule has 1 aromatic rings. The van der Waals surface area contributed by atoms with E-state index in [1.165, 1.54) is 29.5 Å². The summed E-state index contributed by atoms with van der Waals surface area (Å²) in [4.78, 5) is 20.3. The van der Waals surface area contributed by atoms with E-state index in [1.807, 2.05) is 18.2 Å². The Morgan fingerprint density at radius 3 is 2.60 bits per heavy atom. The number of nitrogens with zero attached hydrogens (tertiary/aromatic N) is 2. The third-order valence-corrected chi connectivity index (χ3v) is 5.19. The predicted molar refractivity (Wildman–Crippen MR) is 87.0 cm³/mol. The molecule has 104 valence electrons. The summed E-state index contributed by atoms with van der Waals surface area (Å²) < 4.78 is 0. The molecule has 3 rings (SSSR count). The summed E-state index contributed by atoms with van der Waals surface area (Å²) in [5, 5.41) is 0.875. The first-order valence-electron chi connectivity index (χ1n) is 6.68. The van der Waals surface area contributed by atoms with Crippen LogP contribution in [0.15, 0.2) is 39.1 Å². The van der Waals surface area contributed by atoms with Crippen LogP contribution in [0.4, 0.5) is 0 Å². The Kier molecular flexibility index (Phi) is 4.17. The van der Waals surface area contributed by atoms with Crippen LogP contribution in [-0.2, 0) is 4.79 Å². The number of aliphatic imine (C=N–C) groups is 1. The standard InChI is InChI=1S/C15H16N2OS2/c1-19-12-6-4-11(5-7-12)10-13-14(18)16-15(20-13)17-8-2-3-9-17/h4-7,10H,2-3,8-9H2,1H3/b13-10-. The van der Waals surface area contributed by atoms with Crippen LogP contribution in [0.2, 0.25) is 0 Å². The minimum atomic E-state index is -0.106. The molecule has 0 aromatic heterocycles. The van der Waals surface area contributed by atoms with E-state index in [4.69, 9.17) is 0 Å². The van der Waals surface area contributed by atoms with Gasteiger partial charge in [-0.25, -0.2) is 0 Å². The molecule has 20 heavy (non-hydrogen) atoms. The summed E-state index contributed by atoms with van der Waals surface area (Å²) in [6.07, 6.45) is 6.38. The molecule has 0 bridgehead atoms. The largest absolute Gasteiger partial charge is 0.351 e. The Morgan fingerprint density at radius 2 is 1.95 bits per heavy atom. The maximum absolute atomic E-state index is 12.0. The van der Waals surface area contributed by atoms with Crippen molar-refractivity contribution in [3.8, 4) is 0 Å². The number of carbonyl (C=O) groups excluding carboxylic acids is 1. The van der Waals surface area contributed by atoms with E-state index in [0.717, 1.165) is 28.7 Å². The van der Waals surface area contributed by atoms with Gasteiger partial charge in [0.25, 0.3) is 5.91 Å². The molecule has 2 aliphatic rings. The van der Waals surface area contributed by atoms with E-state index >= 15 is 0 Å². The lowest BCUT2D eigenvalue weighted by atomic mass is 10.2. The molecular formula is C15H16N2OS2. The highest BCUT2D eigenvalue weighted by Crippen LogP contribution is 2.31. The van der Waals surface area contributed by atoms with Crippen LogP contribution in [0.1, 0.15) is 18.4 Å². The topological polar surface area (TPSA) is 32.7 Å². The van der Waals surface area contributed by atoms with Gasteiger partial charge in [-0.3, -0.25) is 4.79 Å². The molecule has 0 spiro atoms. The van der Waals surface area contributed by atoms with Gasteiger partial charge in [-0.2, -0.15) is 4.99 Å². The van der Waals surface area contributed by atoms with Crippen LogP contribution >= 0.6 is 23.5 Å². The first kappa shape index (κ1) is 13.8. The summed E-state index contributed by atoms with van der Waals surface area (Å²) >= 11 is 3.22. The Bertz CT molecular complexity index is 572. The van der Waals surface area contributed by atoms with Crippen molar-refractivity contribution in [2.24, 2.45) is 4.99 Å². The van der Waals surface area contributed by atoms with E-state index in [2.05, 4.69) is 28.3 Å². The normalized spacial score (nSPS) is 20.9. The number of rotatable bonds is 2. The molecule has 0 saturated carbocycles. The zero-order valence-electron chi connectivity index (χ0n) is 11.3. The van der Waals surface area contributed by atoms with Gasteiger partial charge in [-0.1, -0.05) is 12.1 Å². The molecule has 1 fully saturated rings. The van der Waals surface area contributed by atoms with Crippen molar-refractivity contribution < 1.29 is 4.79 Å². The lowest BCUT2D eigenvalue weighted by molar-refractivity contribution is -0.113. The minimum absolute atomic E-state index is 0.106. The number of thioether (sulfide) groups is 2. The van der Waals surface area contributed by atoms with Crippen molar-refractivity contribution in [3.63, 3.8) is 0 Å². The second-order valence-electron chi connectivity index (χ2n) is 4.78. The fraction of sp³-hybridized carbons (Fsp3) is 0.333. The zero-order chi connectivity index (χ0) is 13.9. The van der Waals surface area contributed by atoms with Crippen LogP contribution in [0, 0.1) is 0 Å². The Morgan fingerprint density at radius 1 is 1.25 bits per heavy atom. The molecule has 0 radical (unpaired) electrons. The number of benzene rings is 1. The van der Waals surface area contributed by atoms with Crippen LogP contribution in [0.3, 0.4) is 0 Å². The van der Waals surface area contributed by atoms with Crippen LogP contribution in [0.5, 0.6) is 0 Å². The van der Waals surface area contributed by atoms with Gasteiger partial charge in [-0.15, -0.1) is 11.8 Å². The second-order valence-corrected chi connectivity index (χ2v) is 6.67. The van der Waals surface area contributed by atoms with Crippen LogP contribution in [0.25, 0.3) is 6.08 Å². The smallest absolute Gasteiger partial charge is 0.286 e. The Hall–Kier alpha value is -1.20. The lowest BCUT2D eigenvalue weighted by Gasteiger charge is -2.14. The highest BCUT2D eigenvalue weighted by Gasteiger charge is 2.27. The van der Waals surface area contributed by atoms with E-state index < -0.39 is 0 Å². The first-order chi connectivity index (χ1) is 9.76. The van der Waals surface area contributed by atoms with Gasteiger partial charge in [0.15, 0.2) is 5.17 Å². The second kappa shape index (κ2) is 6.06. The highest BCUT2D eigenvalue weighted by molar-refractivity contribution is 8.18. The van der Waals surface area contributed by atoms with E-state index in [0.29, 0.717) is 0 Å². The first-order valence-corrected chi connectivity index (χ1v) is 8.72. The predicted octanol–water partition coefficient (Wildman–Crippen LogP) is 3.47. The average molecular weight is 304 g/mol. The van der Waals surface area contributed by atoms with Crippen molar-refractivity contribution in [3.05, 3.63) is 34.7 Å².